The molecule has 2 aromatic heterocycles. The van der Waals surface area contributed by atoms with Gasteiger partial charge in [-0.05, 0) is 53.1 Å². The number of halogens is 1. The summed E-state index contributed by atoms with van der Waals surface area (Å²) in [6.07, 6.45) is 6.59. The van der Waals surface area contributed by atoms with Crippen LogP contribution in [0.4, 0.5) is 16.0 Å². The number of pyridine rings is 1. The molecule has 0 saturated heterocycles. The molecule has 2 aromatic carbocycles. The fourth-order valence-corrected chi connectivity index (χ4v) is 3.14. The summed E-state index contributed by atoms with van der Waals surface area (Å²) >= 11 is 0. The summed E-state index contributed by atoms with van der Waals surface area (Å²) < 4.78 is 18.1. The number of benzene rings is 2. The van der Waals surface area contributed by atoms with Crippen LogP contribution in [0.1, 0.15) is 15.9 Å². The summed E-state index contributed by atoms with van der Waals surface area (Å²) in [4.78, 5) is 26.7. The van der Waals surface area contributed by atoms with Crippen LogP contribution in [0, 0.1) is 5.82 Å². The predicted molar refractivity (Wildman–Crippen MR) is 115 cm³/mol. The summed E-state index contributed by atoms with van der Waals surface area (Å²) in [5.41, 5.74) is 3.22. The first-order valence-electron chi connectivity index (χ1n) is 9.57. The van der Waals surface area contributed by atoms with Crippen molar-refractivity contribution in [2.75, 3.05) is 12.0 Å². The first kappa shape index (κ1) is 20.2. The van der Waals surface area contributed by atoms with Crippen LogP contribution in [0.3, 0.4) is 0 Å². The second-order valence-corrected chi connectivity index (χ2v) is 6.75. The Morgan fingerprint density at radius 1 is 0.903 bits per heavy atom. The fourth-order valence-electron chi connectivity index (χ4n) is 3.14. The Hall–Kier alpha value is -4.13. The normalized spacial score (nSPS) is 10.5. The summed E-state index contributed by atoms with van der Waals surface area (Å²) in [5.74, 6) is 0.628. The van der Waals surface area contributed by atoms with Gasteiger partial charge in [-0.1, -0.05) is 24.3 Å². The van der Waals surface area contributed by atoms with Crippen molar-refractivity contribution >= 4 is 17.6 Å². The van der Waals surface area contributed by atoms with Gasteiger partial charge in [0.1, 0.15) is 11.6 Å². The highest BCUT2D eigenvalue weighted by Crippen LogP contribution is 2.28. The molecule has 0 bridgehead atoms. The molecule has 7 heteroatoms. The van der Waals surface area contributed by atoms with Crippen LogP contribution in [-0.4, -0.2) is 28.0 Å². The molecule has 4 aromatic rings. The van der Waals surface area contributed by atoms with Crippen LogP contribution in [0.2, 0.25) is 0 Å². The minimum absolute atomic E-state index is 0.283. The van der Waals surface area contributed by atoms with E-state index in [0.29, 0.717) is 23.7 Å². The van der Waals surface area contributed by atoms with E-state index in [-0.39, 0.29) is 11.8 Å². The number of carbonyl (C=O) groups excluding carboxylic acids is 1. The zero-order chi connectivity index (χ0) is 21.6. The van der Waals surface area contributed by atoms with Crippen molar-refractivity contribution in [3.63, 3.8) is 0 Å². The SMILES string of the molecule is COC(=O)c1ccc(CN(c2cnccn2)c2cc(-c3ccc(F)cc3)ccn2)cc1. The summed E-state index contributed by atoms with van der Waals surface area (Å²) in [6.45, 7) is 0.458. The molecular formula is C24H19FN4O2. The van der Waals surface area contributed by atoms with Gasteiger partial charge in [-0.25, -0.2) is 19.2 Å². The molecule has 0 radical (unpaired) electrons. The van der Waals surface area contributed by atoms with E-state index in [4.69, 9.17) is 4.74 Å². The van der Waals surface area contributed by atoms with Gasteiger partial charge in [-0.15, -0.1) is 0 Å². The van der Waals surface area contributed by atoms with E-state index < -0.39 is 0 Å². The van der Waals surface area contributed by atoms with Gasteiger partial charge in [0.05, 0.1) is 25.4 Å². The molecule has 0 amide bonds. The monoisotopic (exact) mass is 414 g/mol. The Labute approximate surface area is 179 Å². The zero-order valence-corrected chi connectivity index (χ0v) is 16.8. The van der Waals surface area contributed by atoms with E-state index in [1.54, 1.807) is 49.1 Å². The number of hydrogen-bond acceptors (Lipinski definition) is 6. The van der Waals surface area contributed by atoms with Gasteiger partial charge in [0.15, 0.2) is 5.82 Å². The third kappa shape index (κ3) is 4.72. The highest BCUT2D eigenvalue weighted by atomic mass is 19.1. The molecule has 0 N–H and O–H groups in total. The van der Waals surface area contributed by atoms with Crippen LogP contribution in [0.15, 0.2) is 85.5 Å². The highest BCUT2D eigenvalue weighted by molar-refractivity contribution is 5.89. The average molecular weight is 414 g/mol. The number of anilines is 2. The van der Waals surface area contributed by atoms with Gasteiger partial charge in [-0.2, -0.15) is 0 Å². The number of methoxy groups -OCH3 is 1. The Bertz CT molecular complexity index is 1170. The Kier molecular flexibility index (Phi) is 5.93. The predicted octanol–water partition coefficient (Wildman–Crippen LogP) is 4.80. The van der Waals surface area contributed by atoms with Gasteiger partial charge in [-0.3, -0.25) is 4.98 Å². The van der Waals surface area contributed by atoms with Gasteiger partial charge < -0.3 is 9.64 Å². The smallest absolute Gasteiger partial charge is 0.337 e. The van der Waals surface area contributed by atoms with Gasteiger partial charge in [0.25, 0.3) is 0 Å². The van der Waals surface area contributed by atoms with E-state index in [2.05, 4.69) is 15.0 Å². The van der Waals surface area contributed by atoms with Crippen LogP contribution in [0.25, 0.3) is 11.1 Å². The number of carbonyl (C=O) groups is 1. The van der Waals surface area contributed by atoms with Gasteiger partial charge >= 0.3 is 5.97 Å². The largest absolute Gasteiger partial charge is 0.465 e. The number of rotatable bonds is 6. The molecule has 4 rings (SSSR count). The van der Waals surface area contributed by atoms with Crippen molar-refractivity contribution in [2.24, 2.45) is 0 Å². The number of nitrogens with zero attached hydrogens (tertiary/aromatic N) is 4. The van der Waals surface area contributed by atoms with Crippen molar-refractivity contribution in [2.45, 2.75) is 6.54 Å². The van der Waals surface area contributed by atoms with Crippen LogP contribution >= 0.6 is 0 Å². The van der Waals surface area contributed by atoms with Crippen LogP contribution < -0.4 is 4.90 Å². The average Bonchev–Trinajstić information content (AvgIpc) is 2.83. The van der Waals surface area contributed by atoms with E-state index in [9.17, 15) is 9.18 Å². The van der Waals surface area contributed by atoms with Crippen molar-refractivity contribution in [3.05, 3.63) is 102 Å². The molecule has 2 heterocycles. The van der Waals surface area contributed by atoms with Crippen molar-refractivity contribution < 1.29 is 13.9 Å². The van der Waals surface area contributed by atoms with Crippen molar-refractivity contribution in [1.29, 1.82) is 0 Å². The zero-order valence-electron chi connectivity index (χ0n) is 16.8. The lowest BCUT2D eigenvalue weighted by atomic mass is 10.1. The summed E-state index contributed by atoms with van der Waals surface area (Å²) in [5, 5.41) is 0. The molecule has 6 nitrogen and oxygen atoms in total. The molecule has 0 aliphatic heterocycles. The second-order valence-electron chi connectivity index (χ2n) is 6.75. The molecule has 0 saturated carbocycles. The van der Waals surface area contributed by atoms with E-state index >= 15 is 0 Å². The number of hydrogen-bond donors (Lipinski definition) is 0. The number of esters is 1. The second kappa shape index (κ2) is 9.13. The molecule has 0 atom stereocenters. The molecular weight excluding hydrogens is 395 g/mol. The quantitative estimate of drug-likeness (QED) is 0.422. The maximum absolute atomic E-state index is 13.3. The maximum atomic E-state index is 13.3. The van der Waals surface area contributed by atoms with Crippen molar-refractivity contribution in [1.82, 2.24) is 15.0 Å². The molecule has 31 heavy (non-hydrogen) atoms. The topological polar surface area (TPSA) is 68.2 Å². The fraction of sp³-hybridized carbons (Fsp3) is 0.0833. The van der Waals surface area contributed by atoms with Gasteiger partial charge in [0, 0.05) is 18.6 Å². The summed E-state index contributed by atoms with van der Waals surface area (Å²) in [6, 6.07) is 17.3. The van der Waals surface area contributed by atoms with E-state index in [0.717, 1.165) is 16.7 Å². The highest BCUT2D eigenvalue weighted by Gasteiger charge is 2.15. The van der Waals surface area contributed by atoms with Crippen LogP contribution in [0.5, 0.6) is 0 Å². The number of aromatic nitrogens is 3. The molecule has 0 aliphatic carbocycles. The lowest BCUT2D eigenvalue weighted by Crippen LogP contribution is -2.19. The minimum Gasteiger partial charge on any atom is -0.465 e. The van der Waals surface area contributed by atoms with Gasteiger partial charge in [0.2, 0.25) is 0 Å². The molecule has 0 fully saturated rings. The maximum Gasteiger partial charge on any atom is 0.337 e. The minimum atomic E-state index is -0.383. The first-order chi connectivity index (χ1) is 15.1. The first-order valence-corrected chi connectivity index (χ1v) is 9.57. The molecule has 154 valence electrons. The lowest BCUT2D eigenvalue weighted by Gasteiger charge is -2.23. The third-order valence-corrected chi connectivity index (χ3v) is 4.74. The number of ether oxygens (including phenoxy) is 1. The van der Waals surface area contributed by atoms with Crippen LogP contribution in [-0.2, 0) is 11.3 Å². The molecule has 0 unspecified atom stereocenters. The molecule has 0 aliphatic rings. The standard InChI is InChI=1S/C24H19FN4O2/c1-31-24(30)19-4-2-17(3-5-19)16-29(23-15-26-12-13-28-23)22-14-20(10-11-27-22)18-6-8-21(25)9-7-18/h2-15H,16H2,1H3. The van der Waals surface area contributed by atoms with E-state index in [1.807, 2.05) is 29.2 Å². The Morgan fingerprint density at radius 2 is 1.65 bits per heavy atom. The summed E-state index contributed by atoms with van der Waals surface area (Å²) in [7, 11) is 1.35. The lowest BCUT2D eigenvalue weighted by molar-refractivity contribution is 0.0600. The van der Waals surface area contributed by atoms with Crippen molar-refractivity contribution in [3.8, 4) is 11.1 Å². The van der Waals surface area contributed by atoms with E-state index in [1.165, 1.54) is 19.2 Å². The Balaban J connectivity index is 1.68. The molecule has 0 spiro atoms. The Morgan fingerprint density at radius 3 is 2.32 bits per heavy atom. The third-order valence-electron chi connectivity index (χ3n) is 4.74.